The zero-order valence-corrected chi connectivity index (χ0v) is 16.4. The average molecular weight is 394 g/mol. The molecule has 2 aromatic heterocycles. The van der Waals surface area contributed by atoms with Gasteiger partial charge in [0.25, 0.3) is 11.8 Å². The lowest BCUT2D eigenvalue weighted by molar-refractivity contribution is 0.0688. The lowest BCUT2D eigenvalue weighted by atomic mass is 9.96. The van der Waals surface area contributed by atoms with E-state index in [2.05, 4.69) is 22.2 Å². The molecule has 0 aliphatic carbocycles. The van der Waals surface area contributed by atoms with E-state index in [9.17, 15) is 9.59 Å². The van der Waals surface area contributed by atoms with Crippen molar-refractivity contribution in [1.29, 1.82) is 0 Å². The van der Waals surface area contributed by atoms with Crippen LogP contribution in [0.1, 0.15) is 51.4 Å². The number of nitrogen functional groups attached to an aromatic ring is 1. The van der Waals surface area contributed by atoms with Gasteiger partial charge in [-0.25, -0.2) is 9.97 Å². The Balaban J connectivity index is 1.43. The number of piperidine rings is 1. The second kappa shape index (κ2) is 8.59. The maximum Gasteiger partial charge on any atom is 0.270 e. The second-order valence-corrected chi connectivity index (χ2v) is 8.39. The number of nitrogens with zero attached hydrogens (tertiary/aromatic N) is 3. The molecular weight excluding hydrogens is 370 g/mol. The van der Waals surface area contributed by atoms with Gasteiger partial charge in [0.1, 0.15) is 10.6 Å². The van der Waals surface area contributed by atoms with Gasteiger partial charge in [-0.2, -0.15) is 0 Å². The normalized spacial score (nSPS) is 15.2. The molecule has 0 unspecified atom stereocenters. The highest BCUT2D eigenvalue weighted by molar-refractivity contribution is 7.17. The molecule has 1 fully saturated rings. The standard InChI is InChI=1S/C17H23N5O2S2/c1-2-3-14-21-12(10-25-14)15(23)19-8-11-4-6-22(7-5-11)16(24)13-9-20-17(18)26-13/h9-11H,2-8H2,1H3,(H2,18,20)(H,19,23). The van der Waals surface area contributed by atoms with Crippen molar-refractivity contribution >= 4 is 39.6 Å². The Morgan fingerprint density at radius 3 is 2.81 bits per heavy atom. The van der Waals surface area contributed by atoms with Crippen LogP contribution in [-0.4, -0.2) is 46.3 Å². The Bertz CT molecular complexity index is 765. The predicted molar refractivity (Wildman–Crippen MR) is 104 cm³/mol. The van der Waals surface area contributed by atoms with Crippen LogP contribution in [-0.2, 0) is 6.42 Å². The summed E-state index contributed by atoms with van der Waals surface area (Å²) < 4.78 is 0. The van der Waals surface area contributed by atoms with E-state index in [0.29, 0.717) is 41.3 Å². The molecule has 0 bridgehead atoms. The van der Waals surface area contributed by atoms with Crippen molar-refractivity contribution in [2.24, 2.45) is 5.92 Å². The lowest BCUT2D eigenvalue weighted by Gasteiger charge is -2.31. The Hall–Kier alpha value is -2.00. The van der Waals surface area contributed by atoms with Gasteiger partial charge in [0.05, 0.1) is 11.2 Å². The summed E-state index contributed by atoms with van der Waals surface area (Å²) in [6.45, 7) is 4.10. The zero-order valence-electron chi connectivity index (χ0n) is 14.7. The number of hydrogen-bond donors (Lipinski definition) is 2. The molecule has 1 aliphatic rings. The van der Waals surface area contributed by atoms with Crippen molar-refractivity contribution in [3.63, 3.8) is 0 Å². The molecule has 1 aliphatic heterocycles. The number of aromatic nitrogens is 2. The van der Waals surface area contributed by atoms with Gasteiger partial charge >= 0.3 is 0 Å². The fraction of sp³-hybridized carbons (Fsp3) is 0.529. The van der Waals surface area contributed by atoms with Crippen LogP contribution < -0.4 is 11.1 Å². The molecule has 1 saturated heterocycles. The molecule has 3 rings (SSSR count). The van der Waals surface area contributed by atoms with Crippen LogP contribution in [0.5, 0.6) is 0 Å². The predicted octanol–water partition coefficient (Wildman–Crippen LogP) is 2.42. The monoisotopic (exact) mass is 393 g/mol. The third-order valence-corrected chi connectivity index (χ3v) is 6.16. The topological polar surface area (TPSA) is 101 Å². The van der Waals surface area contributed by atoms with Gasteiger partial charge in [0.15, 0.2) is 5.13 Å². The van der Waals surface area contributed by atoms with Gasteiger partial charge in [-0.1, -0.05) is 18.3 Å². The minimum atomic E-state index is -0.109. The van der Waals surface area contributed by atoms with Gasteiger partial charge in [-0.3, -0.25) is 9.59 Å². The van der Waals surface area contributed by atoms with Gasteiger partial charge in [-0.05, 0) is 31.6 Å². The van der Waals surface area contributed by atoms with Crippen molar-refractivity contribution in [1.82, 2.24) is 20.2 Å². The second-order valence-electron chi connectivity index (χ2n) is 6.38. The molecule has 0 saturated carbocycles. The molecule has 140 valence electrons. The van der Waals surface area contributed by atoms with Crippen molar-refractivity contribution in [2.75, 3.05) is 25.4 Å². The van der Waals surface area contributed by atoms with Gasteiger partial charge < -0.3 is 16.0 Å². The number of hydrogen-bond acceptors (Lipinski definition) is 7. The molecule has 0 spiro atoms. The third-order valence-electron chi connectivity index (χ3n) is 4.44. The molecular formula is C17H23N5O2S2. The number of carbonyl (C=O) groups excluding carboxylic acids is 2. The van der Waals surface area contributed by atoms with Crippen LogP contribution in [0.2, 0.25) is 0 Å². The van der Waals surface area contributed by atoms with Gasteiger partial charge in [-0.15, -0.1) is 11.3 Å². The fourth-order valence-electron chi connectivity index (χ4n) is 2.95. The number of nitrogens with one attached hydrogen (secondary N) is 1. The minimum Gasteiger partial charge on any atom is -0.375 e. The van der Waals surface area contributed by atoms with E-state index in [1.54, 1.807) is 0 Å². The number of nitrogens with two attached hydrogens (primary N) is 1. The maximum absolute atomic E-state index is 12.4. The van der Waals surface area contributed by atoms with Gasteiger partial charge in [0.2, 0.25) is 0 Å². The fourth-order valence-corrected chi connectivity index (χ4v) is 4.49. The van der Waals surface area contributed by atoms with Gasteiger partial charge in [0, 0.05) is 25.0 Å². The van der Waals surface area contributed by atoms with Crippen LogP contribution in [0.25, 0.3) is 0 Å². The summed E-state index contributed by atoms with van der Waals surface area (Å²) in [4.78, 5) is 35.3. The number of likely N-dealkylation sites (tertiary alicyclic amines) is 1. The smallest absolute Gasteiger partial charge is 0.270 e. The first kappa shape index (κ1) is 18.8. The first-order valence-electron chi connectivity index (χ1n) is 8.80. The molecule has 9 heteroatoms. The Kier molecular flexibility index (Phi) is 6.20. The van der Waals surface area contributed by atoms with E-state index in [0.717, 1.165) is 30.7 Å². The highest BCUT2D eigenvalue weighted by Crippen LogP contribution is 2.22. The number of amides is 2. The van der Waals surface area contributed by atoms with Crippen LogP contribution in [0.3, 0.4) is 0 Å². The summed E-state index contributed by atoms with van der Waals surface area (Å²) in [6, 6.07) is 0. The van der Waals surface area contributed by atoms with Crippen molar-refractivity contribution < 1.29 is 9.59 Å². The molecule has 0 atom stereocenters. The third kappa shape index (κ3) is 4.59. The molecule has 0 radical (unpaired) electrons. The number of rotatable bonds is 6. The number of thiazole rings is 2. The SMILES string of the molecule is CCCc1nc(C(=O)NCC2CCN(C(=O)c3cnc(N)s3)CC2)cs1. The van der Waals surface area contributed by atoms with Crippen LogP contribution in [0.4, 0.5) is 5.13 Å². The quantitative estimate of drug-likeness (QED) is 0.785. The highest BCUT2D eigenvalue weighted by atomic mass is 32.1. The summed E-state index contributed by atoms with van der Waals surface area (Å²) in [5.41, 5.74) is 6.10. The Labute approximate surface area is 160 Å². The van der Waals surface area contributed by atoms with Crippen LogP contribution in [0.15, 0.2) is 11.6 Å². The first-order valence-corrected chi connectivity index (χ1v) is 10.5. The molecule has 0 aromatic carbocycles. The summed E-state index contributed by atoms with van der Waals surface area (Å²) in [5, 5.41) is 6.22. The summed E-state index contributed by atoms with van der Waals surface area (Å²) in [5.74, 6) is 0.262. The molecule has 2 aromatic rings. The molecule has 3 N–H and O–H groups in total. The largest absolute Gasteiger partial charge is 0.375 e. The van der Waals surface area contributed by atoms with E-state index in [1.807, 2.05) is 10.3 Å². The van der Waals surface area contributed by atoms with Crippen molar-refractivity contribution in [3.8, 4) is 0 Å². The molecule has 2 amide bonds. The van der Waals surface area contributed by atoms with E-state index in [-0.39, 0.29) is 11.8 Å². The summed E-state index contributed by atoms with van der Waals surface area (Å²) >= 11 is 2.76. The first-order chi connectivity index (χ1) is 12.6. The maximum atomic E-state index is 12.4. The van der Waals surface area contributed by atoms with E-state index in [4.69, 9.17) is 5.73 Å². The summed E-state index contributed by atoms with van der Waals surface area (Å²) in [7, 11) is 0. The van der Waals surface area contributed by atoms with Crippen LogP contribution >= 0.6 is 22.7 Å². The average Bonchev–Trinajstić information content (AvgIpc) is 3.29. The minimum absolute atomic E-state index is 0.00684. The number of carbonyl (C=O) groups is 2. The highest BCUT2D eigenvalue weighted by Gasteiger charge is 2.25. The summed E-state index contributed by atoms with van der Waals surface area (Å²) in [6.07, 6.45) is 5.22. The lowest BCUT2D eigenvalue weighted by Crippen LogP contribution is -2.41. The molecule has 26 heavy (non-hydrogen) atoms. The molecule has 7 nitrogen and oxygen atoms in total. The number of anilines is 1. The van der Waals surface area contributed by atoms with E-state index < -0.39 is 0 Å². The number of aryl methyl sites for hydroxylation is 1. The van der Waals surface area contributed by atoms with E-state index in [1.165, 1.54) is 28.9 Å². The Morgan fingerprint density at radius 2 is 2.15 bits per heavy atom. The van der Waals surface area contributed by atoms with Crippen molar-refractivity contribution in [3.05, 3.63) is 27.2 Å². The Morgan fingerprint density at radius 1 is 1.38 bits per heavy atom. The van der Waals surface area contributed by atoms with Crippen molar-refractivity contribution in [2.45, 2.75) is 32.6 Å². The zero-order chi connectivity index (χ0) is 18.5. The molecule has 3 heterocycles. The van der Waals surface area contributed by atoms with E-state index >= 15 is 0 Å². The van der Waals surface area contributed by atoms with Crippen LogP contribution in [0, 0.1) is 5.92 Å².